The molecule has 1 aliphatic heterocycles. The zero-order chi connectivity index (χ0) is 18.5. The molecule has 1 aromatic carbocycles. The molecule has 0 spiro atoms. The molecular weight excluding hydrogens is 357 g/mol. The van der Waals surface area contributed by atoms with Gasteiger partial charge in [0.2, 0.25) is 5.91 Å². The number of nitrogens with one attached hydrogen (secondary N) is 1. The van der Waals surface area contributed by atoms with Gasteiger partial charge in [0.15, 0.2) is 5.01 Å². The van der Waals surface area contributed by atoms with Crippen molar-refractivity contribution in [3.63, 3.8) is 0 Å². The van der Waals surface area contributed by atoms with Crippen molar-refractivity contribution in [2.75, 3.05) is 32.2 Å². The average molecular weight is 377 g/mol. The molecule has 1 aliphatic rings. The lowest BCUT2D eigenvalue weighted by Crippen LogP contribution is -2.33. The second-order valence-corrected chi connectivity index (χ2v) is 6.98. The van der Waals surface area contributed by atoms with Crippen LogP contribution in [0.3, 0.4) is 0 Å². The van der Waals surface area contributed by atoms with E-state index in [9.17, 15) is 14.0 Å². The number of fused-ring (bicyclic) bond motifs is 1. The Morgan fingerprint density at radius 2 is 2.15 bits per heavy atom. The lowest BCUT2D eigenvalue weighted by molar-refractivity contribution is -0.131. The van der Waals surface area contributed by atoms with Gasteiger partial charge in [-0.3, -0.25) is 14.0 Å². The first-order chi connectivity index (χ1) is 12.6. The first kappa shape index (κ1) is 18.3. The number of halogens is 1. The number of anilines is 1. The Hall–Kier alpha value is -2.48. The molecule has 0 unspecified atom stereocenters. The SMILES string of the molecule is COc1cccc(NC(=O)c2nc3c(s2)CCN(C(=O)CCF)CC3)c1. The minimum atomic E-state index is -0.635. The van der Waals surface area contributed by atoms with Gasteiger partial charge in [0.25, 0.3) is 5.91 Å². The van der Waals surface area contributed by atoms with Crippen LogP contribution in [0, 0.1) is 0 Å². The molecule has 1 aromatic heterocycles. The second kappa shape index (κ2) is 8.27. The maximum absolute atomic E-state index is 12.5. The van der Waals surface area contributed by atoms with Crippen LogP contribution in [0.25, 0.3) is 0 Å². The number of carbonyl (C=O) groups is 2. The average Bonchev–Trinajstić information content (AvgIpc) is 2.95. The molecule has 0 saturated heterocycles. The minimum Gasteiger partial charge on any atom is -0.497 e. The third-order valence-corrected chi connectivity index (χ3v) is 5.34. The summed E-state index contributed by atoms with van der Waals surface area (Å²) in [6.07, 6.45) is 1.14. The Labute approximate surface area is 155 Å². The van der Waals surface area contributed by atoms with E-state index in [2.05, 4.69) is 10.3 Å². The highest BCUT2D eigenvalue weighted by Crippen LogP contribution is 2.25. The maximum Gasteiger partial charge on any atom is 0.284 e. The number of carbonyl (C=O) groups excluding carboxylic acids is 2. The van der Waals surface area contributed by atoms with Crippen molar-refractivity contribution in [1.82, 2.24) is 9.88 Å². The lowest BCUT2D eigenvalue weighted by atomic mass is 10.2. The van der Waals surface area contributed by atoms with Crippen LogP contribution in [0.2, 0.25) is 0 Å². The molecule has 8 heteroatoms. The molecule has 2 amide bonds. The second-order valence-electron chi connectivity index (χ2n) is 5.89. The van der Waals surface area contributed by atoms with Gasteiger partial charge in [-0.1, -0.05) is 6.07 Å². The smallest absolute Gasteiger partial charge is 0.284 e. The summed E-state index contributed by atoms with van der Waals surface area (Å²) < 4.78 is 17.5. The summed E-state index contributed by atoms with van der Waals surface area (Å²) in [6.45, 7) is 0.404. The van der Waals surface area contributed by atoms with Crippen molar-refractivity contribution in [2.24, 2.45) is 0 Å². The van der Waals surface area contributed by atoms with E-state index < -0.39 is 6.67 Å². The van der Waals surface area contributed by atoms with Gasteiger partial charge in [0, 0.05) is 42.6 Å². The standard InChI is InChI=1S/C18H20FN3O3S/c1-25-13-4-2-3-12(11-13)20-17(24)18-21-14-6-9-22(16(23)5-8-19)10-7-15(14)26-18/h2-4,11H,5-10H2,1H3,(H,20,24). The summed E-state index contributed by atoms with van der Waals surface area (Å²) in [4.78, 5) is 31.4. The lowest BCUT2D eigenvalue weighted by Gasteiger charge is -2.19. The number of benzene rings is 1. The fraction of sp³-hybridized carbons (Fsp3) is 0.389. The Kier molecular flexibility index (Phi) is 5.82. The largest absolute Gasteiger partial charge is 0.497 e. The van der Waals surface area contributed by atoms with Crippen LogP contribution < -0.4 is 10.1 Å². The van der Waals surface area contributed by atoms with E-state index in [1.807, 2.05) is 0 Å². The number of hydrogen-bond acceptors (Lipinski definition) is 5. The molecule has 0 bridgehead atoms. The van der Waals surface area contributed by atoms with Crippen LogP contribution in [0.1, 0.15) is 26.8 Å². The van der Waals surface area contributed by atoms with Crippen LogP contribution in [0.5, 0.6) is 5.75 Å². The van der Waals surface area contributed by atoms with Gasteiger partial charge in [0.05, 0.1) is 25.9 Å². The normalized spacial score (nSPS) is 13.7. The molecule has 0 radical (unpaired) electrons. The molecule has 0 fully saturated rings. The van der Waals surface area contributed by atoms with Crippen molar-refractivity contribution < 1.29 is 18.7 Å². The van der Waals surface area contributed by atoms with Crippen LogP contribution in [-0.2, 0) is 17.6 Å². The number of hydrogen-bond donors (Lipinski definition) is 1. The van der Waals surface area contributed by atoms with Crippen molar-refractivity contribution >= 4 is 28.8 Å². The van der Waals surface area contributed by atoms with Crippen molar-refractivity contribution in [3.05, 3.63) is 39.8 Å². The first-order valence-corrected chi connectivity index (χ1v) is 9.20. The first-order valence-electron chi connectivity index (χ1n) is 8.38. The molecule has 3 rings (SSSR count). The molecule has 6 nitrogen and oxygen atoms in total. The van der Waals surface area contributed by atoms with Gasteiger partial charge in [-0.05, 0) is 12.1 Å². The number of amides is 2. The van der Waals surface area contributed by atoms with Crippen molar-refractivity contribution in [2.45, 2.75) is 19.3 Å². The monoisotopic (exact) mass is 377 g/mol. The minimum absolute atomic E-state index is 0.0741. The Morgan fingerprint density at radius 3 is 2.92 bits per heavy atom. The number of nitrogens with zero attached hydrogens (tertiary/aromatic N) is 2. The molecule has 0 saturated carbocycles. The quantitative estimate of drug-likeness (QED) is 0.870. The summed E-state index contributed by atoms with van der Waals surface area (Å²) in [7, 11) is 1.57. The Morgan fingerprint density at radius 1 is 1.35 bits per heavy atom. The van der Waals surface area contributed by atoms with Gasteiger partial charge in [-0.2, -0.15) is 0 Å². The van der Waals surface area contributed by atoms with Crippen molar-refractivity contribution in [1.29, 1.82) is 0 Å². The number of thiazole rings is 1. The summed E-state index contributed by atoms with van der Waals surface area (Å²) >= 11 is 1.35. The highest BCUT2D eigenvalue weighted by Gasteiger charge is 2.23. The Bertz CT molecular complexity index is 783. The molecule has 26 heavy (non-hydrogen) atoms. The molecule has 1 N–H and O–H groups in total. The van der Waals surface area contributed by atoms with E-state index in [1.165, 1.54) is 11.3 Å². The molecule has 0 atom stereocenters. The molecule has 138 valence electrons. The predicted octanol–water partition coefficient (Wildman–Crippen LogP) is 2.69. The van der Waals surface area contributed by atoms with E-state index in [0.29, 0.717) is 42.4 Å². The van der Waals surface area contributed by atoms with Gasteiger partial charge >= 0.3 is 0 Å². The topological polar surface area (TPSA) is 71.5 Å². The fourth-order valence-electron chi connectivity index (χ4n) is 2.83. The summed E-state index contributed by atoms with van der Waals surface area (Å²) in [6, 6.07) is 7.13. The molecule has 2 aromatic rings. The van der Waals surface area contributed by atoms with E-state index in [4.69, 9.17) is 4.74 Å². The van der Waals surface area contributed by atoms with Crippen LogP contribution in [-0.4, -0.2) is 48.6 Å². The third kappa shape index (κ3) is 4.19. The van der Waals surface area contributed by atoms with Crippen LogP contribution >= 0.6 is 11.3 Å². The summed E-state index contributed by atoms with van der Waals surface area (Å²) in [5, 5.41) is 3.23. The van der Waals surface area contributed by atoms with E-state index >= 15 is 0 Å². The number of rotatable bonds is 5. The zero-order valence-corrected chi connectivity index (χ0v) is 15.3. The predicted molar refractivity (Wildman–Crippen MR) is 97.6 cm³/mol. The van der Waals surface area contributed by atoms with E-state index in [0.717, 1.165) is 10.6 Å². The summed E-state index contributed by atoms with van der Waals surface area (Å²) in [5.74, 6) is 0.232. The van der Waals surface area contributed by atoms with Gasteiger partial charge < -0.3 is 15.0 Å². The van der Waals surface area contributed by atoms with Crippen LogP contribution in [0.4, 0.5) is 10.1 Å². The van der Waals surface area contributed by atoms with Crippen LogP contribution in [0.15, 0.2) is 24.3 Å². The van der Waals surface area contributed by atoms with Gasteiger partial charge in [-0.15, -0.1) is 11.3 Å². The van der Waals surface area contributed by atoms with Crippen molar-refractivity contribution in [3.8, 4) is 5.75 Å². The van der Waals surface area contributed by atoms with Gasteiger partial charge in [0.1, 0.15) is 5.75 Å². The van der Waals surface area contributed by atoms with E-state index in [1.54, 1.807) is 36.3 Å². The maximum atomic E-state index is 12.5. The number of alkyl halides is 1. The molecule has 2 heterocycles. The number of methoxy groups -OCH3 is 1. The third-order valence-electron chi connectivity index (χ3n) is 4.19. The molecular formula is C18H20FN3O3S. The Balaban J connectivity index is 1.66. The summed E-state index contributed by atoms with van der Waals surface area (Å²) in [5.41, 5.74) is 1.49. The highest BCUT2D eigenvalue weighted by atomic mass is 32.1. The molecule has 0 aliphatic carbocycles. The van der Waals surface area contributed by atoms with E-state index in [-0.39, 0.29) is 18.2 Å². The van der Waals surface area contributed by atoms with Gasteiger partial charge in [-0.25, -0.2) is 4.98 Å². The number of ether oxygens (including phenoxy) is 1. The highest BCUT2D eigenvalue weighted by molar-refractivity contribution is 7.13. The number of aromatic nitrogens is 1. The fourth-order valence-corrected chi connectivity index (χ4v) is 3.83. The zero-order valence-electron chi connectivity index (χ0n) is 14.5.